The Bertz CT molecular complexity index is 208. The third kappa shape index (κ3) is 26.6. The molecule has 0 amide bonds. The fraction of sp³-hybridized carbons (Fsp3) is 0.867. The molecule has 0 aliphatic heterocycles. The summed E-state index contributed by atoms with van der Waals surface area (Å²) in [7, 11) is 0. The van der Waals surface area contributed by atoms with E-state index in [0.717, 1.165) is 6.42 Å². The van der Waals surface area contributed by atoms with E-state index in [0.29, 0.717) is 6.42 Å². The Morgan fingerprint density at radius 3 is 1.65 bits per heavy atom. The maximum Gasteiger partial charge on any atom is 1.00 e. The number of aliphatic hydroxyl groups is 1. The number of carbonyl (C=O) groups is 1. The molecule has 5 heteroatoms. The second kappa shape index (κ2) is 21.4. The van der Waals surface area contributed by atoms with Crippen molar-refractivity contribution in [2.24, 2.45) is 0 Å². The molecule has 0 aliphatic rings. The van der Waals surface area contributed by atoms with Gasteiger partial charge < -0.3 is 15.0 Å². The zero-order valence-electron chi connectivity index (χ0n) is 13.4. The molecule has 1 unspecified atom stereocenters. The minimum absolute atomic E-state index is 0. The number of aliphatic hydroxyl groups excluding tert-OH is 1. The summed E-state index contributed by atoms with van der Waals surface area (Å²) in [6.45, 7) is 3.44. The van der Waals surface area contributed by atoms with Crippen LogP contribution in [0.4, 0.5) is 0 Å². The number of unbranched alkanes of at least 4 members (excludes halogenated alkanes) is 9. The number of hydrogen-bond acceptors (Lipinski definition) is 3. The number of rotatable bonds is 11. The monoisotopic (exact) mass is 296 g/mol. The minimum atomic E-state index is -1.23. The van der Waals surface area contributed by atoms with Gasteiger partial charge in [0.05, 0.1) is 0 Å². The smallest absolute Gasteiger partial charge is 0.542 e. The van der Waals surface area contributed by atoms with Crippen molar-refractivity contribution in [3.63, 3.8) is 0 Å². The van der Waals surface area contributed by atoms with Crippen LogP contribution in [0.2, 0.25) is 0 Å². The maximum absolute atomic E-state index is 9.89. The van der Waals surface area contributed by atoms with Gasteiger partial charge >= 0.3 is 35.5 Å². The van der Waals surface area contributed by atoms with Crippen LogP contribution in [0.5, 0.6) is 0 Å². The van der Waals surface area contributed by atoms with Gasteiger partial charge in [0.15, 0.2) is 0 Å². The molecule has 0 fully saturated rings. The molecule has 0 saturated carbocycles. The van der Waals surface area contributed by atoms with E-state index in [9.17, 15) is 9.59 Å². The molecule has 20 heavy (non-hydrogen) atoms. The van der Waals surface area contributed by atoms with Gasteiger partial charge in [0, 0.05) is 0 Å². The van der Waals surface area contributed by atoms with E-state index < -0.39 is 12.1 Å². The van der Waals surface area contributed by atoms with Gasteiger partial charge in [-0.1, -0.05) is 64.7 Å². The molecule has 0 heterocycles. The van der Waals surface area contributed by atoms with Crippen LogP contribution in [0.25, 0.3) is 0 Å². The number of carboxylic acid groups (broad SMARTS) is 1. The van der Waals surface area contributed by atoms with Crippen LogP contribution >= 0.6 is 0 Å². The number of carboxylic acids is 1. The number of hydrogen-bond donors (Lipinski definition) is 2. The summed E-state index contributed by atoms with van der Waals surface area (Å²) in [4.78, 5) is 19.3. The van der Waals surface area contributed by atoms with Gasteiger partial charge in [-0.05, 0) is 6.92 Å². The molecule has 0 radical (unpaired) electrons. The van der Waals surface area contributed by atoms with E-state index in [1.165, 1.54) is 58.3 Å². The van der Waals surface area contributed by atoms with E-state index >= 15 is 0 Å². The van der Waals surface area contributed by atoms with Gasteiger partial charge in [-0.2, -0.15) is 6.42 Å². The molecule has 0 aromatic heterocycles. The van der Waals surface area contributed by atoms with E-state index in [2.05, 4.69) is 6.92 Å². The minimum Gasteiger partial charge on any atom is -0.542 e. The Kier molecular flexibility index (Phi) is 26.8. The van der Waals surface area contributed by atoms with Gasteiger partial charge in [-0.3, -0.25) is 6.29 Å². The fourth-order valence-corrected chi connectivity index (χ4v) is 1.51. The third-order valence-electron chi connectivity index (χ3n) is 2.74. The molecule has 0 spiro atoms. The second-order valence-electron chi connectivity index (χ2n) is 4.74. The topological polar surface area (TPSA) is 74.6 Å². The van der Waals surface area contributed by atoms with E-state index in [1.807, 2.05) is 6.29 Å². The first-order valence-electron chi connectivity index (χ1n) is 7.32. The Balaban J connectivity index is -0.000000352. The van der Waals surface area contributed by atoms with Crippen LogP contribution in [0.15, 0.2) is 0 Å². The molecule has 1 atom stereocenters. The van der Waals surface area contributed by atoms with E-state index in [1.54, 1.807) is 0 Å². The fourth-order valence-electron chi connectivity index (χ4n) is 1.51. The molecule has 0 aromatic carbocycles. The van der Waals surface area contributed by atoms with Crippen molar-refractivity contribution >= 4 is 12.3 Å². The molecular formula is C15H29NaO4. The van der Waals surface area contributed by atoms with Crippen LogP contribution in [0.1, 0.15) is 78.1 Å². The first-order valence-corrected chi connectivity index (χ1v) is 7.32. The number of carbonyl (C=O) groups excluding carboxylic acids is 1. The van der Waals surface area contributed by atoms with E-state index in [4.69, 9.17) is 10.2 Å². The van der Waals surface area contributed by atoms with Crippen molar-refractivity contribution in [2.45, 2.75) is 84.2 Å². The standard InChI is InChI=1S/C12H23O.C3H6O3.Na/c1-2-3-4-5-6-7-8-9-10-11-12-13;1-2(4)3(5)6;/h2-11H2,1H3;2,4H,1H3,(H,5,6);/q-1;;+1. The average molecular weight is 296 g/mol. The largest absolute Gasteiger partial charge is 1.00 e. The van der Waals surface area contributed by atoms with Crippen molar-refractivity contribution in [1.82, 2.24) is 0 Å². The Morgan fingerprint density at radius 2 is 1.35 bits per heavy atom. The van der Waals surface area contributed by atoms with Crippen molar-refractivity contribution in [3.05, 3.63) is 0 Å². The van der Waals surface area contributed by atoms with Crippen molar-refractivity contribution < 1.29 is 49.4 Å². The van der Waals surface area contributed by atoms with Gasteiger partial charge in [-0.25, -0.2) is 4.79 Å². The summed E-state index contributed by atoms with van der Waals surface area (Å²) in [5.41, 5.74) is 0. The predicted octanol–water partition coefficient (Wildman–Crippen LogP) is 0.473. The SMILES string of the molecule is CC(O)C(=O)O.CCCCCCCCCCC[C-]=O.[Na+]. The number of aliphatic carboxylic acids is 1. The van der Waals surface area contributed by atoms with Crippen LogP contribution in [-0.4, -0.2) is 28.6 Å². The van der Waals surface area contributed by atoms with Gasteiger partial charge in [0.2, 0.25) is 0 Å². The first-order chi connectivity index (χ1) is 9.06. The molecule has 0 rings (SSSR count). The van der Waals surface area contributed by atoms with Gasteiger partial charge in [0.1, 0.15) is 6.10 Å². The predicted molar refractivity (Wildman–Crippen MR) is 76.9 cm³/mol. The Labute approximate surface area is 145 Å². The molecule has 0 aromatic rings. The Hall–Kier alpha value is 0.1000. The summed E-state index contributed by atoms with van der Waals surface area (Å²) in [5.74, 6) is -1.19. The quantitative estimate of drug-likeness (QED) is 0.330. The molecule has 0 saturated heterocycles. The molecule has 114 valence electrons. The van der Waals surface area contributed by atoms with E-state index in [-0.39, 0.29) is 29.6 Å². The Morgan fingerprint density at radius 1 is 1.00 bits per heavy atom. The average Bonchev–Trinajstić information content (AvgIpc) is 2.37. The van der Waals surface area contributed by atoms with Crippen LogP contribution in [-0.2, 0) is 9.59 Å². The first kappa shape index (κ1) is 25.1. The van der Waals surface area contributed by atoms with Crippen LogP contribution in [0.3, 0.4) is 0 Å². The van der Waals surface area contributed by atoms with Crippen LogP contribution < -0.4 is 29.6 Å². The zero-order valence-corrected chi connectivity index (χ0v) is 15.4. The van der Waals surface area contributed by atoms with Crippen molar-refractivity contribution in [1.29, 1.82) is 0 Å². The third-order valence-corrected chi connectivity index (χ3v) is 2.74. The summed E-state index contributed by atoms with van der Waals surface area (Å²) in [6.07, 6.45) is 13.1. The van der Waals surface area contributed by atoms with Crippen molar-refractivity contribution in [2.75, 3.05) is 0 Å². The van der Waals surface area contributed by atoms with Crippen LogP contribution in [0, 0.1) is 0 Å². The molecule has 2 N–H and O–H groups in total. The zero-order chi connectivity index (χ0) is 14.9. The normalized spacial score (nSPS) is 10.8. The summed E-state index contributed by atoms with van der Waals surface area (Å²) in [5, 5.41) is 15.8. The summed E-state index contributed by atoms with van der Waals surface area (Å²) < 4.78 is 0. The molecule has 0 bridgehead atoms. The summed E-state index contributed by atoms with van der Waals surface area (Å²) in [6, 6.07) is 0. The van der Waals surface area contributed by atoms with Gasteiger partial charge in [-0.15, -0.1) is 0 Å². The molecule has 4 nitrogen and oxygen atoms in total. The van der Waals surface area contributed by atoms with Gasteiger partial charge in [0.25, 0.3) is 0 Å². The summed E-state index contributed by atoms with van der Waals surface area (Å²) >= 11 is 0. The second-order valence-corrected chi connectivity index (χ2v) is 4.74. The molecule has 0 aliphatic carbocycles. The van der Waals surface area contributed by atoms with Crippen molar-refractivity contribution in [3.8, 4) is 0 Å². The maximum atomic E-state index is 9.89. The molecular weight excluding hydrogens is 267 g/mol.